The third kappa shape index (κ3) is 7.68. The number of nitrogens with one attached hydrogen (secondary N) is 2. The fourth-order valence-corrected chi connectivity index (χ4v) is 2.86. The van der Waals surface area contributed by atoms with Gasteiger partial charge in [0, 0.05) is 6.42 Å². The second kappa shape index (κ2) is 11.4. The number of amides is 2. The Morgan fingerprint density at radius 1 is 1.00 bits per heavy atom. The molecule has 0 bridgehead atoms. The summed E-state index contributed by atoms with van der Waals surface area (Å²) >= 11 is 0. The van der Waals surface area contributed by atoms with Gasteiger partial charge in [-0.3, -0.25) is 9.59 Å². The zero-order valence-corrected chi connectivity index (χ0v) is 17.4. The molecule has 0 unspecified atom stereocenters. The predicted octanol–water partition coefficient (Wildman–Crippen LogP) is 1.40. The van der Waals surface area contributed by atoms with E-state index in [0.29, 0.717) is 12.8 Å². The van der Waals surface area contributed by atoms with E-state index in [9.17, 15) is 14.4 Å². The molecule has 0 heterocycles. The Morgan fingerprint density at radius 2 is 1.61 bits per heavy atom. The highest BCUT2D eigenvalue weighted by Gasteiger charge is 2.30. The molecule has 28 heavy (non-hydrogen) atoms. The van der Waals surface area contributed by atoms with Gasteiger partial charge in [0.15, 0.2) is 0 Å². The maximum atomic E-state index is 12.8. The van der Waals surface area contributed by atoms with Crippen molar-refractivity contribution in [1.29, 1.82) is 0 Å². The number of hydrogen-bond donors (Lipinski definition) is 3. The molecule has 0 saturated heterocycles. The van der Waals surface area contributed by atoms with Crippen LogP contribution in [0.1, 0.15) is 39.7 Å². The molecule has 0 spiro atoms. The zero-order chi connectivity index (χ0) is 21.3. The molecule has 0 radical (unpaired) electrons. The fourth-order valence-electron chi connectivity index (χ4n) is 2.86. The first-order valence-electron chi connectivity index (χ1n) is 9.63. The van der Waals surface area contributed by atoms with E-state index in [1.807, 2.05) is 58.0 Å². The number of nitrogens with two attached hydrogens (primary N) is 1. The van der Waals surface area contributed by atoms with E-state index >= 15 is 0 Å². The Morgan fingerprint density at radius 3 is 2.11 bits per heavy atom. The van der Waals surface area contributed by atoms with Gasteiger partial charge in [0.25, 0.3) is 0 Å². The highest BCUT2D eigenvalue weighted by molar-refractivity contribution is 5.92. The van der Waals surface area contributed by atoms with Crippen LogP contribution in [0.3, 0.4) is 0 Å². The third-order valence-electron chi connectivity index (χ3n) is 4.39. The summed E-state index contributed by atoms with van der Waals surface area (Å²) in [5, 5.41) is 5.43. The molecular formula is C21H33N3O4. The van der Waals surface area contributed by atoms with Crippen LogP contribution in [0.25, 0.3) is 0 Å². The van der Waals surface area contributed by atoms with Crippen LogP contribution in [0.15, 0.2) is 30.3 Å². The Bertz CT molecular complexity index is 646. The molecule has 7 heteroatoms. The average Bonchev–Trinajstić information content (AvgIpc) is 2.64. The van der Waals surface area contributed by atoms with Crippen molar-refractivity contribution in [2.24, 2.45) is 17.6 Å². The molecule has 0 aliphatic heterocycles. The lowest BCUT2D eigenvalue weighted by atomic mass is 9.99. The van der Waals surface area contributed by atoms with Crippen LogP contribution >= 0.6 is 0 Å². The van der Waals surface area contributed by atoms with E-state index in [0.717, 1.165) is 5.56 Å². The summed E-state index contributed by atoms with van der Waals surface area (Å²) in [4.78, 5) is 37.3. The van der Waals surface area contributed by atoms with E-state index in [1.54, 1.807) is 0 Å². The molecule has 0 fully saturated rings. The minimum Gasteiger partial charge on any atom is -0.467 e. The Balaban J connectivity index is 2.85. The summed E-state index contributed by atoms with van der Waals surface area (Å²) < 4.78 is 4.83. The molecule has 4 N–H and O–H groups in total. The van der Waals surface area contributed by atoms with Gasteiger partial charge >= 0.3 is 5.97 Å². The number of carbonyl (C=O) groups is 3. The minimum atomic E-state index is -0.845. The average molecular weight is 392 g/mol. The lowest BCUT2D eigenvalue weighted by Gasteiger charge is -2.26. The molecule has 0 aliphatic rings. The number of hydrogen-bond acceptors (Lipinski definition) is 5. The second-order valence-corrected chi connectivity index (χ2v) is 7.74. The van der Waals surface area contributed by atoms with Crippen LogP contribution in [0.2, 0.25) is 0 Å². The molecular weight excluding hydrogens is 358 g/mol. The maximum Gasteiger partial charge on any atom is 0.328 e. The van der Waals surface area contributed by atoms with E-state index < -0.39 is 30.0 Å². The molecule has 7 nitrogen and oxygen atoms in total. The quantitative estimate of drug-likeness (QED) is 0.522. The SMILES string of the molecule is COC(=O)[C@@H](Cc1ccccc1)NC(=O)[C@@H](NC(=O)[C@H](N)CC(C)C)C(C)C. The number of carbonyl (C=O) groups excluding carboxylic acids is 3. The highest BCUT2D eigenvalue weighted by Crippen LogP contribution is 2.09. The first-order chi connectivity index (χ1) is 13.1. The van der Waals surface area contributed by atoms with Gasteiger partial charge in [0.1, 0.15) is 12.1 Å². The van der Waals surface area contributed by atoms with Gasteiger partial charge in [-0.2, -0.15) is 0 Å². The van der Waals surface area contributed by atoms with Crippen LogP contribution in [-0.4, -0.2) is 43.0 Å². The van der Waals surface area contributed by atoms with Gasteiger partial charge in [0.2, 0.25) is 11.8 Å². The third-order valence-corrected chi connectivity index (χ3v) is 4.39. The molecule has 2 amide bonds. The van der Waals surface area contributed by atoms with Crippen molar-refractivity contribution in [3.63, 3.8) is 0 Å². The van der Waals surface area contributed by atoms with Gasteiger partial charge in [-0.15, -0.1) is 0 Å². The molecule has 156 valence electrons. The van der Waals surface area contributed by atoms with Gasteiger partial charge in [0.05, 0.1) is 13.2 Å². The van der Waals surface area contributed by atoms with Crippen molar-refractivity contribution in [3.8, 4) is 0 Å². The van der Waals surface area contributed by atoms with Crippen LogP contribution in [-0.2, 0) is 25.5 Å². The number of ether oxygens (including phenoxy) is 1. The summed E-state index contributed by atoms with van der Waals surface area (Å²) in [5.74, 6) is -1.26. The summed E-state index contributed by atoms with van der Waals surface area (Å²) in [6.07, 6.45) is 0.821. The topological polar surface area (TPSA) is 111 Å². The van der Waals surface area contributed by atoms with Crippen molar-refractivity contribution in [2.45, 2.75) is 58.7 Å². The highest BCUT2D eigenvalue weighted by atomic mass is 16.5. The lowest BCUT2D eigenvalue weighted by molar-refractivity contribution is -0.145. The predicted molar refractivity (Wildman–Crippen MR) is 108 cm³/mol. The molecule has 1 aromatic carbocycles. The Labute approximate surface area is 167 Å². The first kappa shape index (κ1) is 23.6. The largest absolute Gasteiger partial charge is 0.467 e. The summed E-state index contributed by atoms with van der Waals surface area (Å²) in [5.41, 5.74) is 6.81. The minimum absolute atomic E-state index is 0.176. The van der Waals surface area contributed by atoms with Gasteiger partial charge in [-0.25, -0.2) is 4.79 Å². The van der Waals surface area contributed by atoms with Gasteiger partial charge in [-0.05, 0) is 23.8 Å². The number of benzene rings is 1. The lowest BCUT2D eigenvalue weighted by Crippen LogP contribution is -2.56. The molecule has 0 aliphatic carbocycles. The van der Waals surface area contributed by atoms with Gasteiger partial charge in [-0.1, -0.05) is 58.0 Å². The monoisotopic (exact) mass is 391 g/mol. The van der Waals surface area contributed by atoms with E-state index in [-0.39, 0.29) is 17.7 Å². The number of esters is 1. The van der Waals surface area contributed by atoms with E-state index in [4.69, 9.17) is 10.5 Å². The maximum absolute atomic E-state index is 12.8. The van der Waals surface area contributed by atoms with Gasteiger partial charge < -0.3 is 21.1 Å². The van der Waals surface area contributed by atoms with Crippen molar-refractivity contribution < 1.29 is 19.1 Å². The van der Waals surface area contributed by atoms with Crippen molar-refractivity contribution in [2.75, 3.05) is 7.11 Å². The fraction of sp³-hybridized carbons (Fsp3) is 0.571. The first-order valence-corrected chi connectivity index (χ1v) is 9.63. The van der Waals surface area contributed by atoms with E-state index in [2.05, 4.69) is 10.6 Å². The Hall–Kier alpha value is -2.41. The molecule has 0 saturated carbocycles. The zero-order valence-electron chi connectivity index (χ0n) is 17.4. The number of rotatable bonds is 10. The Kier molecular flexibility index (Phi) is 9.65. The van der Waals surface area contributed by atoms with Crippen LogP contribution in [0, 0.1) is 11.8 Å². The summed E-state index contributed by atoms with van der Waals surface area (Å²) in [6.45, 7) is 7.60. The van der Waals surface area contributed by atoms with E-state index in [1.165, 1.54) is 7.11 Å². The molecule has 1 aromatic rings. The summed E-state index contributed by atoms with van der Waals surface area (Å²) in [7, 11) is 1.28. The standard InChI is InChI=1S/C21H33N3O4/c1-13(2)11-16(22)19(25)24-18(14(3)4)20(26)23-17(21(27)28-5)12-15-9-7-6-8-10-15/h6-10,13-14,16-18H,11-12,22H2,1-5H3,(H,23,26)(H,24,25)/t16-,17-,18+/m1/s1. The summed E-state index contributed by atoms with van der Waals surface area (Å²) in [6, 6.07) is 7.01. The molecule has 1 rings (SSSR count). The molecule has 3 atom stereocenters. The van der Waals surface area contributed by atoms with Crippen LogP contribution in [0.4, 0.5) is 0 Å². The second-order valence-electron chi connectivity index (χ2n) is 7.74. The smallest absolute Gasteiger partial charge is 0.328 e. The normalized spacial score (nSPS) is 14.3. The van der Waals surface area contributed by atoms with Crippen LogP contribution < -0.4 is 16.4 Å². The van der Waals surface area contributed by atoms with Crippen molar-refractivity contribution >= 4 is 17.8 Å². The number of methoxy groups -OCH3 is 1. The van der Waals surface area contributed by atoms with Crippen LogP contribution in [0.5, 0.6) is 0 Å². The van der Waals surface area contributed by atoms with Crippen molar-refractivity contribution in [1.82, 2.24) is 10.6 Å². The van der Waals surface area contributed by atoms with Crippen molar-refractivity contribution in [3.05, 3.63) is 35.9 Å². The molecule has 0 aromatic heterocycles.